The van der Waals surface area contributed by atoms with Crippen LogP contribution in [-0.2, 0) is 39.6 Å². The van der Waals surface area contributed by atoms with Gasteiger partial charge in [-0.25, -0.2) is 9.97 Å². The van der Waals surface area contributed by atoms with Gasteiger partial charge in [0.2, 0.25) is 0 Å². The van der Waals surface area contributed by atoms with Gasteiger partial charge >= 0.3 is 107 Å². The Morgan fingerprint density at radius 2 is 0.596 bits per heavy atom. The van der Waals surface area contributed by atoms with Gasteiger partial charge in [0.05, 0.1) is 45.6 Å². The van der Waals surface area contributed by atoms with Gasteiger partial charge in [0.25, 0.3) is 0 Å². The van der Waals surface area contributed by atoms with Crippen molar-refractivity contribution in [2.45, 2.75) is 0 Å². The summed E-state index contributed by atoms with van der Waals surface area (Å²) in [6.07, 6.45) is 14.1. The van der Waals surface area contributed by atoms with Gasteiger partial charge in [-0.15, -0.1) is 0 Å². The number of hydrogen-bond donors (Lipinski definition) is 0. The first-order valence-electron chi connectivity index (χ1n) is 15.5. The van der Waals surface area contributed by atoms with Crippen LogP contribution in [-0.4, -0.2) is 39.9 Å². The molecule has 12 heteroatoms. The average molecular weight is 1080 g/mol. The van der Waals surface area contributed by atoms with Crippen molar-refractivity contribution in [3.8, 4) is 45.6 Å². The zero-order valence-corrected chi connectivity index (χ0v) is 33.2. The summed E-state index contributed by atoms with van der Waals surface area (Å²) >= 11 is 16.8. The van der Waals surface area contributed by atoms with E-state index in [1.807, 2.05) is 97.1 Å². The molecule has 0 atom stereocenters. The summed E-state index contributed by atoms with van der Waals surface area (Å²) in [6.45, 7) is 0. The molecule has 0 aliphatic carbocycles. The molecule has 8 rings (SSSR count). The van der Waals surface area contributed by atoms with Gasteiger partial charge in [0.15, 0.2) is 0 Å². The summed E-state index contributed by atoms with van der Waals surface area (Å²) in [6, 6.07) is 37.8. The van der Waals surface area contributed by atoms with E-state index in [4.69, 9.17) is 23.2 Å². The second-order valence-corrected chi connectivity index (χ2v) is 13.7. The van der Waals surface area contributed by atoms with Crippen LogP contribution in [0.5, 0.6) is 0 Å². The van der Waals surface area contributed by atoms with Crippen molar-refractivity contribution in [3.05, 3.63) is 181 Å². The summed E-state index contributed by atoms with van der Waals surface area (Å²) in [5, 5.41) is 1.24. The molecule has 0 N–H and O–H groups in total. The second-order valence-electron chi connectivity index (χ2n) is 10.2. The van der Waals surface area contributed by atoms with Gasteiger partial charge in [0.1, 0.15) is 0 Å². The first-order chi connectivity index (χ1) is 25.4. The summed E-state index contributed by atoms with van der Waals surface area (Å²) in [5.74, 6) is 0. The number of halogens is 2. The van der Waals surface area contributed by atoms with Crippen LogP contribution < -0.4 is 7.91 Å². The summed E-state index contributed by atoms with van der Waals surface area (Å²) < 4.78 is 2.46. The van der Waals surface area contributed by atoms with E-state index in [1.165, 1.54) is 7.91 Å². The molecule has 8 aromatic heterocycles. The van der Waals surface area contributed by atoms with Gasteiger partial charge in [0, 0.05) is 34.8 Å². The van der Waals surface area contributed by atoms with Gasteiger partial charge < -0.3 is 0 Å². The number of pyridine rings is 8. The quantitative estimate of drug-likeness (QED) is 0.174. The van der Waals surface area contributed by atoms with Crippen LogP contribution in [0.2, 0.25) is 10.0 Å². The standard InChI is InChI=1S/2C15H10ClN3.2C5H4N.2Pt/c2*16-11-9-14(12-5-1-3-7-17-12)19-15(10-11)13-6-2-4-8-18-13;2*1-2-4-6-5-3-1;;/h2*1-10H;2*2-5H;;. The van der Waals surface area contributed by atoms with E-state index < -0.39 is 0 Å². The van der Waals surface area contributed by atoms with Gasteiger partial charge in [-0.05, 0) is 72.8 Å². The molecule has 0 spiro atoms. The molecule has 0 aliphatic rings. The topological polar surface area (TPSA) is 103 Å². The van der Waals surface area contributed by atoms with Gasteiger partial charge in [-0.1, -0.05) is 47.5 Å². The number of hydrogen-bond acceptors (Lipinski definition) is 8. The van der Waals surface area contributed by atoms with Gasteiger partial charge in [-0.2, -0.15) is 0 Å². The Balaban J connectivity index is 0.000000148. The third-order valence-electron chi connectivity index (χ3n) is 6.53. The Hall–Kier alpha value is -4.84. The molecule has 0 saturated carbocycles. The number of nitrogens with zero attached hydrogens (tertiary/aromatic N) is 8. The zero-order chi connectivity index (χ0) is 36.4. The van der Waals surface area contributed by atoms with Crippen molar-refractivity contribution < 1.29 is 39.6 Å². The van der Waals surface area contributed by atoms with Crippen molar-refractivity contribution in [3.63, 3.8) is 0 Å². The van der Waals surface area contributed by atoms with E-state index in [0.717, 1.165) is 45.6 Å². The Morgan fingerprint density at radius 3 is 0.788 bits per heavy atom. The van der Waals surface area contributed by atoms with Crippen molar-refractivity contribution in [1.82, 2.24) is 39.9 Å². The predicted octanol–water partition coefficient (Wildman–Crippen LogP) is 8.23. The van der Waals surface area contributed by atoms with Crippen LogP contribution in [0, 0.1) is 0 Å². The molecule has 0 aromatic carbocycles. The average Bonchev–Trinajstić information content (AvgIpc) is 3.20. The predicted molar refractivity (Wildman–Crippen MR) is 199 cm³/mol. The third-order valence-corrected chi connectivity index (χ3v) is 8.48. The van der Waals surface area contributed by atoms with E-state index in [2.05, 4.69) is 79.5 Å². The maximum atomic E-state index is 6.15. The van der Waals surface area contributed by atoms with Crippen molar-refractivity contribution >= 4 is 31.1 Å². The molecule has 0 saturated heterocycles. The minimum absolute atomic E-state index is 0.622. The number of aromatic nitrogens is 8. The minimum atomic E-state index is 0.622. The molecule has 8 aromatic rings. The van der Waals surface area contributed by atoms with Crippen LogP contribution in [0.15, 0.2) is 171 Å². The molecule has 52 heavy (non-hydrogen) atoms. The molecule has 8 heterocycles. The fourth-order valence-electron chi connectivity index (χ4n) is 4.23. The molecule has 262 valence electrons. The summed E-state index contributed by atoms with van der Waals surface area (Å²) in [4.78, 5) is 33.9. The monoisotopic (exact) mass is 1080 g/mol. The molecule has 0 fully saturated rings. The van der Waals surface area contributed by atoms with E-state index in [-0.39, 0.29) is 0 Å². The summed E-state index contributed by atoms with van der Waals surface area (Å²) in [5.41, 5.74) is 6.15. The Morgan fingerprint density at radius 1 is 0.327 bits per heavy atom. The maximum absolute atomic E-state index is 6.15. The molecule has 0 bridgehead atoms. The van der Waals surface area contributed by atoms with Crippen LogP contribution in [0.4, 0.5) is 0 Å². The van der Waals surface area contributed by atoms with E-state index in [1.54, 1.807) is 73.8 Å². The Bertz CT molecular complexity index is 1950. The van der Waals surface area contributed by atoms with Crippen LogP contribution >= 0.6 is 23.2 Å². The number of rotatable bonds is 4. The molecule has 8 nitrogen and oxygen atoms in total. The van der Waals surface area contributed by atoms with Crippen LogP contribution in [0.25, 0.3) is 45.6 Å². The molecular formula is C40H28Cl2N8Pt2. The molecule has 0 radical (unpaired) electrons. The van der Waals surface area contributed by atoms with Crippen LogP contribution in [0.3, 0.4) is 0 Å². The molecule has 0 unspecified atom stereocenters. The van der Waals surface area contributed by atoms with E-state index in [0.29, 0.717) is 10.0 Å². The fraction of sp³-hybridized carbons (Fsp3) is 0. The molecule has 0 amide bonds. The van der Waals surface area contributed by atoms with E-state index in [9.17, 15) is 0 Å². The zero-order valence-electron chi connectivity index (χ0n) is 27.1. The SMILES string of the molecule is Clc1cc(-c2ccccn2)nc(-c2ccccn2)c1.Clc1cc(-c2ccccn2)nc(-c2ccccn2)c1.[Pt][c]1ccncc1.[Pt][c]1ccncc1. The van der Waals surface area contributed by atoms with Crippen LogP contribution in [0.1, 0.15) is 0 Å². The van der Waals surface area contributed by atoms with Crippen molar-refractivity contribution in [1.29, 1.82) is 0 Å². The Labute approximate surface area is 334 Å². The second kappa shape index (κ2) is 20.9. The van der Waals surface area contributed by atoms with Gasteiger partial charge in [-0.3, -0.25) is 19.9 Å². The normalized spacial score (nSPS) is 9.96. The molecular weight excluding hydrogens is 1050 g/mol. The fourth-order valence-corrected chi connectivity index (χ4v) is 5.32. The Kier molecular flexibility index (Phi) is 15.4. The third kappa shape index (κ3) is 12.7. The van der Waals surface area contributed by atoms with Crippen molar-refractivity contribution in [2.75, 3.05) is 0 Å². The van der Waals surface area contributed by atoms with Crippen molar-refractivity contribution in [2.24, 2.45) is 0 Å². The first kappa shape index (κ1) is 38.4. The first-order valence-corrected chi connectivity index (χ1v) is 18.5. The van der Waals surface area contributed by atoms with E-state index >= 15 is 0 Å². The summed E-state index contributed by atoms with van der Waals surface area (Å²) in [7, 11) is 0. The molecule has 0 aliphatic heterocycles.